The Bertz CT molecular complexity index is 3490. The maximum atomic E-state index is 12.9. The third-order valence-corrected chi connectivity index (χ3v) is 25.0. The molecule has 18 nitrogen and oxygen atoms in total. The summed E-state index contributed by atoms with van der Waals surface area (Å²) in [6.45, 7) is 26.6. The second-order valence-corrected chi connectivity index (χ2v) is 33.4. The smallest absolute Gasteiger partial charge is 0.256 e. The molecule has 85 heavy (non-hydrogen) atoms. The lowest BCUT2D eigenvalue weighted by molar-refractivity contribution is -0.0321. The molecule has 2 unspecified atom stereocenters. The molecule has 8 atom stereocenters. The van der Waals surface area contributed by atoms with Gasteiger partial charge in [-0.15, -0.1) is 0 Å². The number of rotatable bonds is 15. The summed E-state index contributed by atoms with van der Waals surface area (Å²) in [5, 5.41) is 2.51. The second-order valence-electron chi connectivity index (χ2n) is 23.6. The first kappa shape index (κ1) is 67.0. The van der Waals surface area contributed by atoms with Crippen molar-refractivity contribution in [2.24, 2.45) is 9.98 Å². The van der Waals surface area contributed by atoms with E-state index in [0.29, 0.717) is 45.1 Å². The number of aliphatic imine (C=N–C) groups is 2. The highest BCUT2D eigenvalue weighted by Crippen LogP contribution is 2.46. The minimum Gasteiger partial charge on any atom is -0.407 e. The topological polar surface area (TPSA) is 221 Å². The molecule has 2 fully saturated rings. The van der Waals surface area contributed by atoms with Crippen molar-refractivity contribution in [3.05, 3.63) is 169 Å². The normalized spacial score (nSPS) is 20.7. The van der Waals surface area contributed by atoms with Gasteiger partial charge in [0.05, 0.1) is 24.9 Å². The first-order valence-electron chi connectivity index (χ1n) is 28.1. The number of hydrogen-bond donors (Lipinski definition) is 2. The molecule has 0 radical (unpaired) electrons. The van der Waals surface area contributed by atoms with Crippen molar-refractivity contribution < 1.29 is 27.9 Å². The zero-order valence-electron chi connectivity index (χ0n) is 49.4. The summed E-state index contributed by atoms with van der Waals surface area (Å²) in [4.78, 5) is 59.8. The predicted molar refractivity (Wildman–Crippen MR) is 348 cm³/mol. The van der Waals surface area contributed by atoms with E-state index >= 15 is 0 Å². The Morgan fingerprint density at radius 3 is 1.39 bits per heavy atom. The average molecular weight is 1210 g/mol. The summed E-state index contributed by atoms with van der Waals surface area (Å²) in [5.41, 5.74) is 11.4. The van der Waals surface area contributed by atoms with Crippen molar-refractivity contribution in [3.63, 3.8) is 0 Å². The first-order valence-corrected chi connectivity index (χ1v) is 34.3. The maximum Gasteiger partial charge on any atom is 0.256 e. The molecule has 452 valence electrons. The number of nitrogens with one attached hydrogen (secondary N) is 1. The summed E-state index contributed by atoms with van der Waals surface area (Å²) in [6.07, 6.45) is 9.88. The third-order valence-electron chi connectivity index (χ3n) is 15.9. The van der Waals surface area contributed by atoms with Gasteiger partial charge in [-0.3, -0.25) is 28.7 Å². The molecule has 2 aliphatic heterocycles. The molecule has 8 aromatic rings. The zero-order valence-corrected chi connectivity index (χ0v) is 52.2. The summed E-state index contributed by atoms with van der Waals surface area (Å²) < 4.78 is 31.1. The van der Waals surface area contributed by atoms with Gasteiger partial charge in [-0.1, -0.05) is 179 Å². The molecular formula is C64H85ClN12O6Si2. The Labute approximate surface area is 508 Å². The number of nitrogen functional groups attached to an aromatic ring is 1. The van der Waals surface area contributed by atoms with E-state index in [1.54, 1.807) is 49.1 Å². The van der Waals surface area contributed by atoms with Crippen LogP contribution in [-0.4, -0.2) is 116 Å². The van der Waals surface area contributed by atoms with E-state index in [1.165, 1.54) is 12.7 Å². The Balaban J connectivity index is 0.000000236. The zero-order chi connectivity index (χ0) is 59.7. The van der Waals surface area contributed by atoms with Crippen LogP contribution < -0.4 is 11.1 Å². The average Bonchev–Trinajstić information content (AvgIpc) is 2.73. The van der Waals surface area contributed by atoms with Crippen LogP contribution in [-0.2, 0) is 18.3 Å². The Hall–Kier alpha value is -7.18. The van der Waals surface area contributed by atoms with Crippen molar-refractivity contribution in [1.82, 2.24) is 39.0 Å². The van der Waals surface area contributed by atoms with Gasteiger partial charge in [0.1, 0.15) is 42.5 Å². The SMILES string of the molecule is C.C.CC[C@H]1O[C@@H](n2cnc3c(N)ncnc32)C(O[Si](C)(C)C(C)(C)C)[C@@H]1N=Cc1ccccc1.CC[C@H]1O[C@@H](n2cnc3c(NC(=O)c4ccccc4)ncnc32)C(O[Si](C)(C)C(C)(C)C)[C@@H]1N=Cc1ccccc1.O=C(Cl)c1ccccc1. The highest BCUT2D eigenvalue weighted by atomic mass is 35.5. The van der Waals surface area contributed by atoms with E-state index in [4.69, 9.17) is 45.6 Å². The number of hydrogen-bond acceptors (Lipinski definition) is 15. The van der Waals surface area contributed by atoms with Gasteiger partial charge in [0.25, 0.3) is 11.1 Å². The highest BCUT2D eigenvalue weighted by Gasteiger charge is 2.52. The molecule has 6 heterocycles. The number of nitrogens with zero attached hydrogens (tertiary/aromatic N) is 10. The largest absolute Gasteiger partial charge is 0.407 e. The van der Waals surface area contributed by atoms with E-state index in [2.05, 4.69) is 117 Å². The summed E-state index contributed by atoms with van der Waals surface area (Å²) >= 11 is 5.16. The van der Waals surface area contributed by atoms with Crippen molar-refractivity contribution in [1.29, 1.82) is 0 Å². The van der Waals surface area contributed by atoms with Gasteiger partial charge >= 0.3 is 0 Å². The molecule has 2 saturated heterocycles. The summed E-state index contributed by atoms with van der Waals surface area (Å²) in [7, 11) is -4.37. The van der Waals surface area contributed by atoms with Gasteiger partial charge in [0, 0.05) is 23.6 Å². The van der Waals surface area contributed by atoms with E-state index in [9.17, 15) is 9.59 Å². The van der Waals surface area contributed by atoms with Crippen LogP contribution in [0.4, 0.5) is 11.6 Å². The van der Waals surface area contributed by atoms with Crippen LogP contribution in [0.25, 0.3) is 22.3 Å². The molecule has 21 heteroatoms. The minimum atomic E-state index is -2.23. The number of ether oxygens (including phenoxy) is 2. The van der Waals surface area contributed by atoms with E-state index in [1.807, 2.05) is 106 Å². The van der Waals surface area contributed by atoms with Crippen LogP contribution in [0.15, 0.2) is 157 Å². The summed E-state index contributed by atoms with van der Waals surface area (Å²) in [6, 6.07) is 37.5. The fraction of sp³-hybridized carbons (Fsp3) is 0.406. The van der Waals surface area contributed by atoms with Crippen molar-refractivity contribution in [2.75, 3.05) is 11.1 Å². The lowest BCUT2D eigenvalue weighted by atomic mass is 10.1. The fourth-order valence-electron chi connectivity index (χ4n) is 9.16. The van der Waals surface area contributed by atoms with Gasteiger partial charge in [-0.25, -0.2) is 29.9 Å². The number of nitrogens with two attached hydrogens (primary N) is 1. The molecule has 0 bridgehead atoms. The monoisotopic (exact) mass is 1210 g/mol. The molecule has 4 aromatic heterocycles. The molecule has 10 rings (SSSR count). The standard InChI is InChI=1S/C31H38N6O3Si.C24H34N6O2Si.C7H5ClO.2CH4/c1-7-23-24(32-18-21-14-10-8-11-15-21)26(40-41(5,6)31(2,3)4)30(39-23)37-20-35-25-27(33-19-34-28(25)37)36-29(38)22-16-12-9-13-17-22;1-7-17-18(26-13-16-11-9-8-10-12-16)20(32-33(5,6)24(2,3)4)23(31-17)30-15-29-19-21(25)27-14-28-22(19)30;8-7(9)6-4-2-1-3-5-6;;/h8-20,23-24,26,30H,7H2,1-6H3,(H,33,34,36,38);8-15,17-18,20,23H,7H2,1-6H3,(H2,25,27,28);1-5H;2*1H4/t23-,24-,26?,30-;17-,18-,20?,23-;;;/m11.../s1. The van der Waals surface area contributed by atoms with Crippen LogP contribution in [0.1, 0.15) is 127 Å². The molecule has 0 aliphatic carbocycles. The molecule has 3 N–H and O–H groups in total. The number of imidazole rings is 2. The van der Waals surface area contributed by atoms with E-state index < -0.39 is 34.3 Å². The molecule has 2 aliphatic rings. The van der Waals surface area contributed by atoms with Crippen molar-refractivity contribution in [3.8, 4) is 0 Å². The Kier molecular flexibility index (Phi) is 22.7. The van der Waals surface area contributed by atoms with Crippen molar-refractivity contribution >= 4 is 85.8 Å². The molecule has 4 aromatic carbocycles. The van der Waals surface area contributed by atoms with Crippen LogP contribution in [0.3, 0.4) is 0 Å². The Morgan fingerprint density at radius 1 is 0.600 bits per heavy atom. The van der Waals surface area contributed by atoms with Gasteiger partial charge in [0.15, 0.2) is 57.5 Å². The number of amides is 1. The number of benzene rings is 4. The highest BCUT2D eigenvalue weighted by molar-refractivity contribution is 6.74. The van der Waals surface area contributed by atoms with Gasteiger partial charge in [0.2, 0.25) is 0 Å². The number of carbonyl (C=O) groups is 2. The predicted octanol–water partition coefficient (Wildman–Crippen LogP) is 14.2. The Morgan fingerprint density at radius 2 is 0.988 bits per heavy atom. The molecular weight excluding hydrogens is 1120 g/mol. The lowest BCUT2D eigenvalue weighted by Gasteiger charge is -2.40. The quantitative estimate of drug-likeness (QED) is 0.0555. The third kappa shape index (κ3) is 15.8. The van der Waals surface area contributed by atoms with Gasteiger partial charge < -0.3 is 29.4 Å². The van der Waals surface area contributed by atoms with Crippen molar-refractivity contribution in [2.45, 2.75) is 168 Å². The summed E-state index contributed by atoms with van der Waals surface area (Å²) in [5.74, 6) is 0.426. The van der Waals surface area contributed by atoms with Gasteiger partial charge in [-0.2, -0.15) is 0 Å². The van der Waals surface area contributed by atoms with Crippen LogP contribution in [0, 0.1) is 0 Å². The van der Waals surface area contributed by atoms with Crippen LogP contribution >= 0.6 is 11.6 Å². The van der Waals surface area contributed by atoms with E-state index in [0.717, 1.165) is 24.0 Å². The van der Waals surface area contributed by atoms with Crippen LogP contribution in [0.5, 0.6) is 0 Å². The number of carbonyl (C=O) groups excluding carboxylic acids is 2. The number of halogens is 1. The first-order chi connectivity index (χ1) is 39.5. The number of anilines is 2. The fourth-order valence-corrected chi connectivity index (χ4v) is 11.9. The van der Waals surface area contributed by atoms with E-state index in [-0.39, 0.29) is 67.3 Å². The second kappa shape index (κ2) is 28.8. The maximum absolute atomic E-state index is 12.9. The van der Waals surface area contributed by atoms with Gasteiger partial charge in [-0.05, 0) is 84.0 Å². The number of fused-ring (bicyclic) bond motifs is 2. The number of aromatic nitrogens is 8. The molecule has 1 amide bonds. The minimum absolute atomic E-state index is 0. The van der Waals surface area contributed by atoms with Crippen LogP contribution in [0.2, 0.25) is 36.3 Å². The lowest BCUT2D eigenvalue weighted by Crippen LogP contribution is -2.48. The molecule has 0 spiro atoms. The molecule has 0 saturated carbocycles.